The molecule has 228 valence electrons. The Bertz CT molecular complexity index is 1970. The summed E-state index contributed by atoms with van der Waals surface area (Å²) in [6.45, 7) is 5.08. The lowest BCUT2D eigenvalue weighted by Gasteiger charge is -2.23. The maximum atomic E-state index is 15.3. The van der Waals surface area contributed by atoms with Gasteiger partial charge in [-0.1, -0.05) is 0 Å². The van der Waals surface area contributed by atoms with E-state index in [0.717, 1.165) is 29.0 Å². The van der Waals surface area contributed by atoms with Crippen molar-refractivity contribution in [3.63, 3.8) is 0 Å². The second-order valence-corrected chi connectivity index (χ2v) is 10.4. The highest BCUT2D eigenvalue weighted by Crippen LogP contribution is 2.36. The molecule has 0 aliphatic rings. The van der Waals surface area contributed by atoms with Gasteiger partial charge in [-0.3, -0.25) is 19.3 Å². The molecule has 0 bridgehead atoms. The van der Waals surface area contributed by atoms with Gasteiger partial charge >= 0.3 is 5.69 Å². The number of aromatic amines is 1. The van der Waals surface area contributed by atoms with Crippen molar-refractivity contribution in [3.8, 4) is 17.2 Å². The molecule has 0 aliphatic heterocycles. The zero-order valence-electron chi connectivity index (χ0n) is 24.2. The van der Waals surface area contributed by atoms with Crippen LogP contribution in [0.3, 0.4) is 0 Å². The Morgan fingerprint density at radius 2 is 1.82 bits per heavy atom. The summed E-state index contributed by atoms with van der Waals surface area (Å²) in [6, 6.07) is 9.29. The number of likely N-dealkylation sites (N-methyl/N-ethyl adjacent to an activating group) is 1. The Morgan fingerprint density at radius 3 is 2.48 bits per heavy atom. The summed E-state index contributed by atoms with van der Waals surface area (Å²) in [7, 11) is 1.74. The first-order valence-corrected chi connectivity index (χ1v) is 13.6. The van der Waals surface area contributed by atoms with Crippen LogP contribution < -0.4 is 26.2 Å². The van der Waals surface area contributed by atoms with Gasteiger partial charge in [0.2, 0.25) is 0 Å². The van der Waals surface area contributed by atoms with Gasteiger partial charge in [-0.15, -0.1) is 0 Å². The van der Waals surface area contributed by atoms with Crippen LogP contribution in [0.5, 0.6) is 11.5 Å². The molecule has 5 aromatic rings. The number of halogens is 2. The van der Waals surface area contributed by atoms with Crippen molar-refractivity contribution in [2.45, 2.75) is 32.9 Å². The third-order valence-electron chi connectivity index (χ3n) is 7.07. The molecule has 5 rings (SSSR count). The number of pyridine rings is 1. The van der Waals surface area contributed by atoms with Gasteiger partial charge in [-0.25, -0.2) is 23.1 Å². The molecular weight excluding hydrogens is 576 g/mol. The molecule has 0 fully saturated rings. The summed E-state index contributed by atoms with van der Waals surface area (Å²) in [4.78, 5) is 45.6. The predicted octanol–water partition coefficient (Wildman–Crippen LogP) is 3.99. The van der Waals surface area contributed by atoms with E-state index in [4.69, 9.17) is 4.74 Å². The van der Waals surface area contributed by atoms with Crippen LogP contribution >= 0.6 is 0 Å². The van der Waals surface area contributed by atoms with Crippen LogP contribution in [0.2, 0.25) is 0 Å². The molecule has 3 heterocycles. The van der Waals surface area contributed by atoms with E-state index in [-0.39, 0.29) is 41.1 Å². The zero-order valence-corrected chi connectivity index (χ0v) is 24.2. The molecule has 14 heteroatoms. The van der Waals surface area contributed by atoms with Crippen LogP contribution in [0.15, 0.2) is 70.5 Å². The SMILES string of the molecule is CC(C)n1cc(C(=O)Nc2ccc(Oc3ccnc4[nH]nc(N(C)[C@H](C)CO)c34)c(F)c2)c(=O)n(-c2ccc(F)cc2)c1=O. The number of rotatable bonds is 9. The van der Waals surface area contributed by atoms with Crippen LogP contribution in [0.25, 0.3) is 16.7 Å². The van der Waals surface area contributed by atoms with Crippen molar-refractivity contribution in [1.29, 1.82) is 0 Å². The second-order valence-electron chi connectivity index (χ2n) is 10.4. The number of aliphatic hydroxyl groups is 1. The van der Waals surface area contributed by atoms with Gasteiger partial charge in [-0.2, -0.15) is 5.10 Å². The summed E-state index contributed by atoms with van der Waals surface area (Å²) in [5.41, 5.74) is -1.50. The molecule has 0 saturated heterocycles. The van der Waals surface area contributed by atoms with Gasteiger partial charge < -0.3 is 20.1 Å². The van der Waals surface area contributed by atoms with E-state index in [1.165, 1.54) is 35.0 Å². The van der Waals surface area contributed by atoms with Gasteiger partial charge in [0.1, 0.15) is 22.5 Å². The van der Waals surface area contributed by atoms with Gasteiger partial charge in [0.25, 0.3) is 11.5 Å². The lowest BCUT2D eigenvalue weighted by Crippen LogP contribution is -2.42. The molecule has 1 amide bonds. The Labute approximate surface area is 249 Å². The number of carbonyl (C=O) groups excluding carboxylic acids is 1. The second kappa shape index (κ2) is 12.1. The number of benzene rings is 2. The van der Waals surface area contributed by atoms with Crippen molar-refractivity contribution < 1.29 is 23.4 Å². The normalized spacial score (nSPS) is 12.0. The van der Waals surface area contributed by atoms with Crippen molar-refractivity contribution in [3.05, 3.63) is 99.0 Å². The molecule has 0 unspecified atom stereocenters. The average molecular weight is 606 g/mol. The topological polar surface area (TPSA) is 147 Å². The summed E-state index contributed by atoms with van der Waals surface area (Å²) in [6.07, 6.45) is 2.61. The first-order chi connectivity index (χ1) is 21.0. The number of H-pyrrole nitrogens is 1. The van der Waals surface area contributed by atoms with E-state index >= 15 is 4.39 Å². The largest absolute Gasteiger partial charge is 0.453 e. The fraction of sp³-hybridized carbons (Fsp3) is 0.233. The minimum absolute atomic E-state index is 0.0234. The Balaban J connectivity index is 1.45. The van der Waals surface area contributed by atoms with Gasteiger partial charge in [-0.05, 0) is 57.2 Å². The molecule has 0 aliphatic carbocycles. The number of aromatic nitrogens is 5. The monoisotopic (exact) mass is 605 g/mol. The van der Waals surface area contributed by atoms with E-state index < -0.39 is 34.8 Å². The Kier molecular flexibility index (Phi) is 8.27. The molecule has 0 saturated carbocycles. The van der Waals surface area contributed by atoms with E-state index in [9.17, 15) is 23.9 Å². The zero-order chi connectivity index (χ0) is 31.7. The maximum absolute atomic E-state index is 15.3. The molecule has 0 radical (unpaired) electrons. The third-order valence-corrected chi connectivity index (χ3v) is 7.07. The third kappa shape index (κ3) is 5.66. The number of ether oxygens (including phenoxy) is 1. The minimum Gasteiger partial charge on any atom is -0.453 e. The van der Waals surface area contributed by atoms with Gasteiger partial charge in [0, 0.05) is 43.3 Å². The number of hydrogen-bond donors (Lipinski definition) is 3. The van der Waals surface area contributed by atoms with Crippen LogP contribution in [0.4, 0.5) is 20.3 Å². The molecule has 12 nitrogen and oxygen atoms in total. The highest BCUT2D eigenvalue weighted by Gasteiger charge is 2.22. The van der Waals surface area contributed by atoms with Crippen LogP contribution in [0, 0.1) is 11.6 Å². The standard InChI is InChI=1S/C30H29F2N7O5/c1-16(2)38-14-21(29(42)39(30(38)43)20-8-5-18(31)6-9-20)28(41)34-19-7-10-23(22(32)13-19)44-24-11-12-33-26-25(24)27(36-35-26)37(4)17(3)15-40/h5-14,16-17,40H,15H2,1-4H3,(H,34,41)(H,33,35,36)/t17-/m1/s1. The number of carbonyl (C=O) groups is 1. The van der Waals surface area contributed by atoms with Crippen molar-refractivity contribution in [1.82, 2.24) is 24.3 Å². The molecule has 3 aromatic heterocycles. The van der Waals surface area contributed by atoms with Gasteiger partial charge in [0.05, 0.1) is 18.3 Å². The number of nitrogens with one attached hydrogen (secondary N) is 2. The lowest BCUT2D eigenvalue weighted by molar-refractivity contribution is 0.102. The fourth-order valence-corrected chi connectivity index (χ4v) is 4.47. The van der Waals surface area contributed by atoms with Crippen LogP contribution in [0.1, 0.15) is 37.2 Å². The van der Waals surface area contributed by atoms with E-state index in [1.807, 2.05) is 0 Å². The Morgan fingerprint density at radius 1 is 1.09 bits per heavy atom. The number of anilines is 2. The Hall–Kier alpha value is -5.37. The number of hydrogen-bond acceptors (Lipinski definition) is 8. The fourth-order valence-electron chi connectivity index (χ4n) is 4.47. The van der Waals surface area contributed by atoms with Crippen LogP contribution in [-0.4, -0.2) is 55.0 Å². The van der Waals surface area contributed by atoms with E-state index in [1.54, 1.807) is 38.8 Å². The van der Waals surface area contributed by atoms with Gasteiger partial charge in [0.15, 0.2) is 23.0 Å². The molecule has 2 aromatic carbocycles. The molecule has 1 atom stereocenters. The summed E-state index contributed by atoms with van der Waals surface area (Å²) < 4.78 is 36.6. The maximum Gasteiger partial charge on any atom is 0.335 e. The van der Waals surface area contributed by atoms with Crippen molar-refractivity contribution >= 4 is 28.4 Å². The lowest BCUT2D eigenvalue weighted by atomic mass is 10.2. The highest BCUT2D eigenvalue weighted by atomic mass is 19.1. The summed E-state index contributed by atoms with van der Waals surface area (Å²) >= 11 is 0. The predicted molar refractivity (Wildman–Crippen MR) is 160 cm³/mol. The highest BCUT2D eigenvalue weighted by molar-refractivity contribution is 6.04. The number of aliphatic hydroxyl groups excluding tert-OH is 1. The van der Waals surface area contributed by atoms with Crippen LogP contribution in [-0.2, 0) is 0 Å². The molecule has 3 N–H and O–H groups in total. The summed E-state index contributed by atoms with van der Waals surface area (Å²) in [5, 5.41) is 19.6. The van der Waals surface area contributed by atoms with E-state index in [2.05, 4.69) is 20.5 Å². The first-order valence-electron chi connectivity index (χ1n) is 13.6. The number of nitrogens with zero attached hydrogens (tertiary/aromatic N) is 5. The molecular formula is C30H29F2N7O5. The van der Waals surface area contributed by atoms with Crippen molar-refractivity contribution in [2.75, 3.05) is 23.9 Å². The molecule has 0 spiro atoms. The van der Waals surface area contributed by atoms with Crippen molar-refractivity contribution in [2.24, 2.45) is 0 Å². The average Bonchev–Trinajstić information content (AvgIpc) is 3.43. The minimum atomic E-state index is -0.922. The summed E-state index contributed by atoms with van der Waals surface area (Å²) in [5.74, 6) is -1.71. The first kappa shape index (κ1) is 30.1. The quantitative estimate of drug-likeness (QED) is 0.229. The smallest absolute Gasteiger partial charge is 0.335 e. The molecule has 44 heavy (non-hydrogen) atoms. The number of fused-ring (bicyclic) bond motifs is 1. The number of amides is 1. The van der Waals surface area contributed by atoms with E-state index in [0.29, 0.717) is 16.9 Å².